The Labute approximate surface area is 113 Å². The van der Waals surface area contributed by atoms with E-state index in [1.165, 1.54) is 31.2 Å². The molecule has 4 heteroatoms. The van der Waals surface area contributed by atoms with Crippen LogP contribution in [0.4, 0.5) is 0 Å². The van der Waals surface area contributed by atoms with Gasteiger partial charge in [0, 0.05) is 24.0 Å². The molecule has 3 rings (SSSR count). The first-order valence-corrected chi connectivity index (χ1v) is 7.19. The lowest BCUT2D eigenvalue weighted by molar-refractivity contribution is -0.123. The van der Waals surface area contributed by atoms with E-state index in [2.05, 4.69) is 10.3 Å². The SMILES string of the molecule is O=C(COc1ccnc2c1CCCC2)NCC1CC1. The number of rotatable bonds is 5. The Kier molecular flexibility index (Phi) is 3.67. The summed E-state index contributed by atoms with van der Waals surface area (Å²) in [5.74, 6) is 1.53. The van der Waals surface area contributed by atoms with E-state index < -0.39 is 0 Å². The third-order valence-corrected chi connectivity index (χ3v) is 3.84. The van der Waals surface area contributed by atoms with Gasteiger partial charge in [-0.3, -0.25) is 9.78 Å². The topological polar surface area (TPSA) is 51.2 Å². The van der Waals surface area contributed by atoms with Crippen molar-refractivity contribution in [2.45, 2.75) is 38.5 Å². The molecule has 102 valence electrons. The number of carbonyl (C=O) groups is 1. The van der Waals surface area contributed by atoms with Gasteiger partial charge in [0.2, 0.25) is 0 Å². The number of nitrogens with one attached hydrogen (secondary N) is 1. The quantitative estimate of drug-likeness (QED) is 0.879. The van der Waals surface area contributed by atoms with E-state index >= 15 is 0 Å². The summed E-state index contributed by atoms with van der Waals surface area (Å²) in [7, 11) is 0. The summed E-state index contributed by atoms with van der Waals surface area (Å²) >= 11 is 0. The lowest BCUT2D eigenvalue weighted by Crippen LogP contribution is -2.30. The van der Waals surface area contributed by atoms with Crippen molar-refractivity contribution in [1.82, 2.24) is 10.3 Å². The van der Waals surface area contributed by atoms with Gasteiger partial charge in [-0.15, -0.1) is 0 Å². The minimum atomic E-state index is -0.0201. The Morgan fingerprint density at radius 3 is 3.05 bits per heavy atom. The Bertz CT molecular complexity index is 469. The zero-order valence-electron chi connectivity index (χ0n) is 11.2. The predicted molar refractivity (Wildman–Crippen MR) is 72.1 cm³/mol. The van der Waals surface area contributed by atoms with Gasteiger partial charge in [0.25, 0.3) is 5.91 Å². The molecule has 2 aliphatic carbocycles. The molecular formula is C15H20N2O2. The number of pyridine rings is 1. The second-order valence-corrected chi connectivity index (χ2v) is 5.48. The zero-order chi connectivity index (χ0) is 13.1. The number of aryl methyl sites for hydroxylation is 1. The van der Waals surface area contributed by atoms with Crippen LogP contribution in [0, 0.1) is 5.92 Å². The van der Waals surface area contributed by atoms with Gasteiger partial charge < -0.3 is 10.1 Å². The van der Waals surface area contributed by atoms with Crippen molar-refractivity contribution < 1.29 is 9.53 Å². The molecule has 0 unspecified atom stereocenters. The van der Waals surface area contributed by atoms with Gasteiger partial charge in [0.1, 0.15) is 5.75 Å². The van der Waals surface area contributed by atoms with Gasteiger partial charge in [0.05, 0.1) is 0 Å². The van der Waals surface area contributed by atoms with Gasteiger partial charge >= 0.3 is 0 Å². The van der Waals surface area contributed by atoms with Crippen LogP contribution in [0.3, 0.4) is 0 Å². The first kappa shape index (κ1) is 12.5. The molecule has 0 spiro atoms. The number of amides is 1. The molecule has 1 saturated carbocycles. The fourth-order valence-electron chi connectivity index (χ4n) is 2.50. The summed E-state index contributed by atoms with van der Waals surface area (Å²) in [6, 6.07) is 1.87. The van der Waals surface area contributed by atoms with Crippen LogP contribution in [0.2, 0.25) is 0 Å². The fraction of sp³-hybridized carbons (Fsp3) is 0.600. The molecule has 0 aliphatic heterocycles. The van der Waals surface area contributed by atoms with Crippen molar-refractivity contribution in [3.05, 3.63) is 23.5 Å². The van der Waals surface area contributed by atoms with Crippen LogP contribution in [0.25, 0.3) is 0 Å². The van der Waals surface area contributed by atoms with Crippen LogP contribution in [-0.2, 0) is 17.6 Å². The van der Waals surface area contributed by atoms with Crippen molar-refractivity contribution in [2.75, 3.05) is 13.2 Å². The van der Waals surface area contributed by atoms with E-state index in [0.29, 0.717) is 5.92 Å². The molecule has 0 atom stereocenters. The second-order valence-electron chi connectivity index (χ2n) is 5.48. The number of carbonyl (C=O) groups excluding carboxylic acids is 1. The number of hydrogen-bond donors (Lipinski definition) is 1. The van der Waals surface area contributed by atoms with Gasteiger partial charge in [-0.25, -0.2) is 0 Å². The standard InChI is InChI=1S/C15H20N2O2/c18-15(17-9-11-5-6-11)10-19-14-7-8-16-13-4-2-1-3-12(13)14/h7-8,11H,1-6,9-10H2,(H,17,18). The molecule has 1 heterocycles. The van der Waals surface area contributed by atoms with E-state index in [-0.39, 0.29) is 12.5 Å². The highest BCUT2D eigenvalue weighted by Crippen LogP contribution is 2.28. The number of hydrogen-bond acceptors (Lipinski definition) is 3. The monoisotopic (exact) mass is 260 g/mol. The molecule has 1 N–H and O–H groups in total. The maximum absolute atomic E-state index is 11.7. The van der Waals surface area contributed by atoms with Crippen LogP contribution < -0.4 is 10.1 Å². The first-order chi connectivity index (χ1) is 9.33. The fourth-order valence-corrected chi connectivity index (χ4v) is 2.50. The maximum atomic E-state index is 11.7. The molecule has 1 fully saturated rings. The molecule has 19 heavy (non-hydrogen) atoms. The lowest BCUT2D eigenvalue weighted by Gasteiger charge is -2.18. The van der Waals surface area contributed by atoms with Crippen LogP contribution in [0.15, 0.2) is 12.3 Å². The van der Waals surface area contributed by atoms with Gasteiger partial charge in [0.15, 0.2) is 6.61 Å². The highest BCUT2D eigenvalue weighted by atomic mass is 16.5. The van der Waals surface area contributed by atoms with Crippen LogP contribution in [0.1, 0.15) is 36.9 Å². The van der Waals surface area contributed by atoms with Gasteiger partial charge in [-0.2, -0.15) is 0 Å². The summed E-state index contributed by atoms with van der Waals surface area (Å²) in [4.78, 5) is 16.1. The first-order valence-electron chi connectivity index (χ1n) is 7.19. The van der Waals surface area contributed by atoms with Crippen molar-refractivity contribution in [3.8, 4) is 5.75 Å². The molecule has 0 radical (unpaired) electrons. The van der Waals surface area contributed by atoms with E-state index in [0.717, 1.165) is 30.8 Å². The highest BCUT2D eigenvalue weighted by molar-refractivity contribution is 5.77. The van der Waals surface area contributed by atoms with E-state index in [1.807, 2.05) is 6.07 Å². The van der Waals surface area contributed by atoms with E-state index in [4.69, 9.17) is 4.74 Å². The van der Waals surface area contributed by atoms with Crippen LogP contribution in [-0.4, -0.2) is 24.0 Å². The summed E-state index contributed by atoms with van der Waals surface area (Å²) in [6.07, 6.45) is 8.70. The molecule has 1 aromatic rings. The van der Waals surface area contributed by atoms with Crippen LogP contribution >= 0.6 is 0 Å². The zero-order valence-corrected chi connectivity index (χ0v) is 11.2. The molecular weight excluding hydrogens is 240 g/mol. The third kappa shape index (κ3) is 3.25. The Balaban J connectivity index is 1.55. The summed E-state index contributed by atoms with van der Waals surface area (Å²) in [5.41, 5.74) is 2.34. The second kappa shape index (κ2) is 5.59. The molecule has 2 aliphatic rings. The number of ether oxygens (including phenoxy) is 1. The Morgan fingerprint density at radius 2 is 2.21 bits per heavy atom. The molecule has 0 bridgehead atoms. The van der Waals surface area contributed by atoms with Gasteiger partial charge in [-0.05, 0) is 50.5 Å². The summed E-state index contributed by atoms with van der Waals surface area (Å²) in [5, 5.41) is 2.92. The Hall–Kier alpha value is -1.58. The molecule has 1 amide bonds. The summed E-state index contributed by atoms with van der Waals surface area (Å²) in [6.45, 7) is 0.916. The highest BCUT2D eigenvalue weighted by Gasteiger charge is 2.22. The molecule has 1 aromatic heterocycles. The van der Waals surface area contributed by atoms with Crippen molar-refractivity contribution in [3.63, 3.8) is 0 Å². The average Bonchev–Trinajstić information content (AvgIpc) is 3.27. The Morgan fingerprint density at radius 1 is 1.37 bits per heavy atom. The van der Waals surface area contributed by atoms with E-state index in [9.17, 15) is 4.79 Å². The summed E-state index contributed by atoms with van der Waals surface area (Å²) < 4.78 is 5.67. The van der Waals surface area contributed by atoms with Crippen LogP contribution in [0.5, 0.6) is 5.75 Å². The van der Waals surface area contributed by atoms with Crippen molar-refractivity contribution >= 4 is 5.91 Å². The smallest absolute Gasteiger partial charge is 0.257 e. The molecule has 0 saturated heterocycles. The molecule has 0 aromatic carbocycles. The number of nitrogens with zero attached hydrogens (tertiary/aromatic N) is 1. The average molecular weight is 260 g/mol. The largest absolute Gasteiger partial charge is 0.483 e. The molecule has 4 nitrogen and oxygen atoms in total. The maximum Gasteiger partial charge on any atom is 0.257 e. The predicted octanol–water partition coefficient (Wildman–Crippen LogP) is 1.87. The number of aromatic nitrogens is 1. The van der Waals surface area contributed by atoms with Crippen molar-refractivity contribution in [2.24, 2.45) is 5.92 Å². The minimum Gasteiger partial charge on any atom is -0.483 e. The van der Waals surface area contributed by atoms with Crippen molar-refractivity contribution in [1.29, 1.82) is 0 Å². The minimum absolute atomic E-state index is 0.0201. The van der Waals surface area contributed by atoms with E-state index in [1.54, 1.807) is 6.20 Å². The van der Waals surface area contributed by atoms with Gasteiger partial charge in [-0.1, -0.05) is 0 Å². The lowest BCUT2D eigenvalue weighted by atomic mass is 9.95. The normalized spacial score (nSPS) is 17.7. The number of fused-ring (bicyclic) bond motifs is 1. The third-order valence-electron chi connectivity index (χ3n) is 3.84.